The normalized spacial score (nSPS) is 10.4. The molecular formula is C13H14FN3. The first-order valence-electron chi connectivity index (χ1n) is 5.54. The number of hydrogen-bond donors (Lipinski definition) is 1. The Balaban J connectivity index is 1.73. The van der Waals surface area contributed by atoms with Crippen LogP contribution in [0.15, 0.2) is 42.9 Å². The van der Waals surface area contributed by atoms with E-state index in [1.165, 1.54) is 12.4 Å². The SMILES string of the molecule is Fc1cccc(CCNCc2ccncn2)c1. The Kier molecular flexibility index (Phi) is 4.16. The van der Waals surface area contributed by atoms with Gasteiger partial charge in [-0.05, 0) is 36.7 Å². The predicted molar refractivity (Wildman–Crippen MR) is 63.8 cm³/mol. The molecule has 3 nitrogen and oxygen atoms in total. The van der Waals surface area contributed by atoms with Crippen molar-refractivity contribution >= 4 is 0 Å². The van der Waals surface area contributed by atoms with Gasteiger partial charge in [0.1, 0.15) is 12.1 Å². The van der Waals surface area contributed by atoms with Crippen LogP contribution >= 0.6 is 0 Å². The Labute approximate surface area is 99.7 Å². The second-order valence-corrected chi connectivity index (χ2v) is 3.76. The van der Waals surface area contributed by atoms with E-state index in [1.54, 1.807) is 18.3 Å². The van der Waals surface area contributed by atoms with Crippen molar-refractivity contribution in [2.24, 2.45) is 0 Å². The monoisotopic (exact) mass is 231 g/mol. The first-order valence-corrected chi connectivity index (χ1v) is 5.54. The largest absolute Gasteiger partial charge is 0.311 e. The van der Waals surface area contributed by atoms with Gasteiger partial charge in [0.15, 0.2) is 0 Å². The molecule has 1 N–H and O–H groups in total. The van der Waals surface area contributed by atoms with E-state index in [0.717, 1.165) is 24.2 Å². The standard InChI is InChI=1S/C13H14FN3/c14-12-3-1-2-11(8-12)4-6-15-9-13-5-7-16-10-17-13/h1-3,5,7-8,10,15H,4,6,9H2. The van der Waals surface area contributed by atoms with E-state index in [2.05, 4.69) is 15.3 Å². The van der Waals surface area contributed by atoms with Crippen molar-refractivity contribution in [2.75, 3.05) is 6.54 Å². The smallest absolute Gasteiger partial charge is 0.123 e. The zero-order valence-corrected chi connectivity index (χ0v) is 9.44. The fourth-order valence-electron chi connectivity index (χ4n) is 1.56. The second kappa shape index (κ2) is 6.06. The first kappa shape index (κ1) is 11.7. The van der Waals surface area contributed by atoms with E-state index in [9.17, 15) is 4.39 Å². The fourth-order valence-corrected chi connectivity index (χ4v) is 1.56. The van der Waals surface area contributed by atoms with Gasteiger partial charge in [-0.1, -0.05) is 12.1 Å². The van der Waals surface area contributed by atoms with Gasteiger partial charge >= 0.3 is 0 Å². The third-order valence-electron chi connectivity index (χ3n) is 2.43. The van der Waals surface area contributed by atoms with Crippen LogP contribution in [0.5, 0.6) is 0 Å². The van der Waals surface area contributed by atoms with Gasteiger partial charge in [0.2, 0.25) is 0 Å². The summed E-state index contributed by atoms with van der Waals surface area (Å²) in [4.78, 5) is 7.95. The molecule has 0 atom stereocenters. The molecule has 0 fully saturated rings. The van der Waals surface area contributed by atoms with E-state index >= 15 is 0 Å². The van der Waals surface area contributed by atoms with E-state index in [0.29, 0.717) is 6.54 Å². The number of nitrogens with zero attached hydrogens (tertiary/aromatic N) is 2. The summed E-state index contributed by atoms with van der Waals surface area (Å²) in [7, 11) is 0. The summed E-state index contributed by atoms with van der Waals surface area (Å²) in [6, 6.07) is 8.55. The lowest BCUT2D eigenvalue weighted by Gasteiger charge is -2.04. The number of nitrogens with one attached hydrogen (secondary N) is 1. The molecule has 0 spiro atoms. The highest BCUT2D eigenvalue weighted by atomic mass is 19.1. The molecule has 0 amide bonds. The van der Waals surface area contributed by atoms with Crippen molar-refractivity contribution in [1.82, 2.24) is 15.3 Å². The summed E-state index contributed by atoms with van der Waals surface area (Å²) in [5, 5.41) is 3.26. The lowest BCUT2D eigenvalue weighted by molar-refractivity contribution is 0.622. The maximum absolute atomic E-state index is 12.9. The number of rotatable bonds is 5. The van der Waals surface area contributed by atoms with Crippen molar-refractivity contribution < 1.29 is 4.39 Å². The molecule has 17 heavy (non-hydrogen) atoms. The summed E-state index contributed by atoms with van der Waals surface area (Å²) >= 11 is 0. The highest BCUT2D eigenvalue weighted by Crippen LogP contribution is 2.03. The van der Waals surface area contributed by atoms with Crippen LogP contribution in [-0.2, 0) is 13.0 Å². The van der Waals surface area contributed by atoms with E-state index in [1.807, 2.05) is 12.1 Å². The van der Waals surface area contributed by atoms with Crippen LogP contribution in [0.25, 0.3) is 0 Å². The fraction of sp³-hybridized carbons (Fsp3) is 0.231. The van der Waals surface area contributed by atoms with Crippen LogP contribution in [0.4, 0.5) is 4.39 Å². The third kappa shape index (κ3) is 3.92. The first-order chi connectivity index (χ1) is 8.34. The average molecular weight is 231 g/mol. The van der Waals surface area contributed by atoms with Crippen LogP contribution < -0.4 is 5.32 Å². The summed E-state index contributed by atoms with van der Waals surface area (Å²) in [5.74, 6) is -0.182. The molecule has 0 aliphatic heterocycles. The van der Waals surface area contributed by atoms with Crippen molar-refractivity contribution in [3.8, 4) is 0 Å². The van der Waals surface area contributed by atoms with Gasteiger partial charge < -0.3 is 5.32 Å². The van der Waals surface area contributed by atoms with Crippen molar-refractivity contribution in [2.45, 2.75) is 13.0 Å². The Bertz CT molecular complexity index is 459. The second-order valence-electron chi connectivity index (χ2n) is 3.76. The maximum Gasteiger partial charge on any atom is 0.123 e. The molecule has 0 saturated heterocycles. The van der Waals surface area contributed by atoms with Gasteiger partial charge in [-0.3, -0.25) is 0 Å². The molecule has 0 saturated carbocycles. The molecule has 0 aliphatic carbocycles. The predicted octanol–water partition coefficient (Wildman–Crippen LogP) is 1.95. The minimum atomic E-state index is -0.182. The zero-order valence-electron chi connectivity index (χ0n) is 9.44. The number of aromatic nitrogens is 2. The maximum atomic E-state index is 12.9. The van der Waals surface area contributed by atoms with E-state index in [-0.39, 0.29) is 5.82 Å². The number of halogens is 1. The van der Waals surface area contributed by atoms with Crippen LogP contribution in [0, 0.1) is 5.82 Å². The summed E-state index contributed by atoms with van der Waals surface area (Å²) < 4.78 is 12.9. The van der Waals surface area contributed by atoms with Gasteiger partial charge in [0.05, 0.1) is 5.69 Å². The van der Waals surface area contributed by atoms with Crippen LogP contribution in [-0.4, -0.2) is 16.5 Å². The molecule has 88 valence electrons. The van der Waals surface area contributed by atoms with Gasteiger partial charge in [-0.25, -0.2) is 14.4 Å². The molecule has 0 unspecified atom stereocenters. The van der Waals surface area contributed by atoms with E-state index in [4.69, 9.17) is 0 Å². The van der Waals surface area contributed by atoms with Crippen molar-refractivity contribution in [3.05, 3.63) is 59.9 Å². The van der Waals surface area contributed by atoms with Gasteiger partial charge in [0.25, 0.3) is 0 Å². The van der Waals surface area contributed by atoms with Gasteiger partial charge in [-0.2, -0.15) is 0 Å². The van der Waals surface area contributed by atoms with Gasteiger partial charge in [-0.15, -0.1) is 0 Å². The minimum Gasteiger partial charge on any atom is -0.311 e. The lowest BCUT2D eigenvalue weighted by Crippen LogP contribution is -2.17. The molecule has 2 aromatic rings. The summed E-state index contributed by atoms with van der Waals surface area (Å²) in [6.45, 7) is 1.51. The van der Waals surface area contributed by atoms with Crippen LogP contribution in [0.1, 0.15) is 11.3 Å². The summed E-state index contributed by atoms with van der Waals surface area (Å²) in [6.07, 6.45) is 4.06. The third-order valence-corrected chi connectivity index (χ3v) is 2.43. The van der Waals surface area contributed by atoms with Crippen molar-refractivity contribution in [1.29, 1.82) is 0 Å². The highest BCUT2D eigenvalue weighted by molar-refractivity contribution is 5.16. The summed E-state index contributed by atoms with van der Waals surface area (Å²) in [5.41, 5.74) is 1.96. The number of benzene rings is 1. The zero-order chi connectivity index (χ0) is 11.9. The molecule has 0 bridgehead atoms. The Morgan fingerprint density at radius 2 is 2.18 bits per heavy atom. The minimum absolute atomic E-state index is 0.182. The van der Waals surface area contributed by atoms with Crippen molar-refractivity contribution in [3.63, 3.8) is 0 Å². The lowest BCUT2D eigenvalue weighted by atomic mass is 10.1. The molecule has 0 radical (unpaired) electrons. The molecule has 0 aliphatic rings. The Morgan fingerprint density at radius 3 is 2.94 bits per heavy atom. The highest BCUT2D eigenvalue weighted by Gasteiger charge is 1.96. The van der Waals surface area contributed by atoms with E-state index < -0.39 is 0 Å². The number of hydrogen-bond acceptors (Lipinski definition) is 3. The van der Waals surface area contributed by atoms with Crippen LogP contribution in [0.3, 0.4) is 0 Å². The average Bonchev–Trinajstić information content (AvgIpc) is 2.36. The van der Waals surface area contributed by atoms with Crippen LogP contribution in [0.2, 0.25) is 0 Å². The quantitative estimate of drug-likeness (QED) is 0.799. The molecule has 1 heterocycles. The Morgan fingerprint density at radius 1 is 1.24 bits per heavy atom. The Hall–Kier alpha value is -1.81. The van der Waals surface area contributed by atoms with Gasteiger partial charge in [0, 0.05) is 12.7 Å². The molecule has 4 heteroatoms. The molecule has 2 rings (SSSR count). The molecule has 1 aromatic heterocycles. The molecular weight excluding hydrogens is 217 g/mol. The molecule has 1 aromatic carbocycles. The topological polar surface area (TPSA) is 37.8 Å².